The van der Waals surface area contributed by atoms with Crippen LogP contribution >= 0.6 is 35.4 Å². The van der Waals surface area contributed by atoms with E-state index in [1.807, 2.05) is 26.0 Å². The topological polar surface area (TPSA) is 101 Å². The number of phenols is 1. The molecule has 3 aromatic carbocycles. The third-order valence-electron chi connectivity index (χ3n) is 5.57. The van der Waals surface area contributed by atoms with Gasteiger partial charge in [-0.15, -0.1) is 0 Å². The molecule has 0 atom stereocenters. The van der Waals surface area contributed by atoms with E-state index in [0.29, 0.717) is 43.7 Å². The summed E-state index contributed by atoms with van der Waals surface area (Å²) in [6.45, 7) is 3.92. The van der Waals surface area contributed by atoms with Crippen molar-refractivity contribution in [3.05, 3.63) is 87.6 Å². The zero-order valence-corrected chi connectivity index (χ0v) is 21.9. The molecule has 7 nitrogen and oxygen atoms in total. The van der Waals surface area contributed by atoms with Crippen molar-refractivity contribution in [2.75, 3.05) is 5.32 Å². The first-order valence-electron chi connectivity index (χ1n) is 11.1. The second-order valence-electron chi connectivity index (χ2n) is 8.38. The summed E-state index contributed by atoms with van der Waals surface area (Å²) in [7, 11) is 0. The number of aromatic hydroxyl groups is 1. The number of anilines is 1. The highest BCUT2D eigenvalue weighted by Crippen LogP contribution is 2.34. The maximum Gasteiger partial charge on any atom is 0.293 e. The lowest BCUT2D eigenvalue weighted by Gasteiger charge is -2.10. The third kappa shape index (κ3) is 5.17. The van der Waals surface area contributed by atoms with Crippen molar-refractivity contribution in [1.29, 1.82) is 0 Å². The Bertz CT molecular complexity index is 1690. The van der Waals surface area contributed by atoms with Crippen LogP contribution in [0.4, 0.5) is 5.69 Å². The Morgan fingerprint density at radius 3 is 2.57 bits per heavy atom. The Morgan fingerprint density at radius 1 is 0.973 bits per heavy atom. The minimum Gasteiger partial charge on any atom is -0.507 e. The Labute approximate surface area is 227 Å². The van der Waals surface area contributed by atoms with E-state index in [2.05, 4.69) is 15.6 Å². The predicted molar refractivity (Wildman–Crippen MR) is 148 cm³/mol. The molecule has 0 bridgehead atoms. The maximum absolute atomic E-state index is 12.7. The zero-order valence-electron chi connectivity index (χ0n) is 19.6. The Hall–Kier alpha value is -3.85. The van der Waals surface area contributed by atoms with Gasteiger partial charge >= 0.3 is 0 Å². The van der Waals surface area contributed by atoms with E-state index in [1.54, 1.807) is 36.4 Å². The van der Waals surface area contributed by atoms with Gasteiger partial charge in [0.1, 0.15) is 17.0 Å². The molecule has 186 valence electrons. The monoisotopic (exact) mass is 551 g/mol. The highest BCUT2D eigenvalue weighted by molar-refractivity contribution is 7.80. The molecule has 1 amide bonds. The van der Waals surface area contributed by atoms with Crippen LogP contribution in [0, 0.1) is 13.8 Å². The molecule has 0 saturated carbocycles. The summed E-state index contributed by atoms with van der Waals surface area (Å²) in [5.41, 5.74) is 4.94. The highest BCUT2D eigenvalue weighted by atomic mass is 35.5. The fraction of sp³-hybridized carbons (Fsp3) is 0.0741. The van der Waals surface area contributed by atoms with Crippen LogP contribution in [0.25, 0.3) is 33.9 Å². The lowest BCUT2D eigenvalue weighted by atomic mass is 10.1. The zero-order chi connectivity index (χ0) is 26.3. The lowest BCUT2D eigenvalue weighted by Crippen LogP contribution is -2.33. The minimum absolute atomic E-state index is 0.00754. The molecule has 0 radical (unpaired) electrons. The molecule has 0 saturated heterocycles. The molecule has 3 N–H and O–H groups in total. The van der Waals surface area contributed by atoms with Gasteiger partial charge in [0.15, 0.2) is 16.5 Å². The molecule has 0 aliphatic rings. The highest BCUT2D eigenvalue weighted by Gasteiger charge is 2.17. The number of phenolic OH excluding ortho intramolecular Hbond substituents is 1. The van der Waals surface area contributed by atoms with Crippen molar-refractivity contribution in [3.63, 3.8) is 0 Å². The number of carbonyl (C=O) groups excluding carboxylic acids is 1. The number of hydrogen-bond donors (Lipinski definition) is 3. The molecule has 2 heterocycles. The quantitative estimate of drug-likeness (QED) is 0.157. The van der Waals surface area contributed by atoms with Crippen LogP contribution in [0.1, 0.15) is 21.7 Å². The van der Waals surface area contributed by atoms with Gasteiger partial charge in [-0.05, 0) is 91.8 Å². The number of nitrogens with one attached hydrogen (secondary N) is 2. The first kappa shape index (κ1) is 24.8. The van der Waals surface area contributed by atoms with Crippen LogP contribution in [0.15, 0.2) is 69.5 Å². The SMILES string of the molecule is Cc1cc(C)c2oc(-c3cc(NC(=S)NC(=O)c4ccc(-c5ccc(Cl)c(Cl)c5)o4)ccc3O)nc2c1. The summed E-state index contributed by atoms with van der Waals surface area (Å²) in [6.07, 6.45) is 0. The molecule has 0 aliphatic carbocycles. The number of fused-ring (bicyclic) bond motifs is 1. The van der Waals surface area contributed by atoms with Gasteiger partial charge in [-0.25, -0.2) is 4.98 Å². The van der Waals surface area contributed by atoms with E-state index in [9.17, 15) is 9.90 Å². The predicted octanol–water partition coefficient (Wildman–Crippen LogP) is 7.51. The number of aromatic nitrogens is 1. The number of oxazole rings is 1. The van der Waals surface area contributed by atoms with Crippen molar-refractivity contribution in [2.24, 2.45) is 0 Å². The molecule has 5 aromatic rings. The number of aryl methyl sites for hydroxylation is 2. The van der Waals surface area contributed by atoms with E-state index >= 15 is 0 Å². The fourth-order valence-electron chi connectivity index (χ4n) is 3.87. The van der Waals surface area contributed by atoms with Crippen LogP contribution < -0.4 is 10.6 Å². The van der Waals surface area contributed by atoms with Crippen LogP contribution in [0.3, 0.4) is 0 Å². The number of hydrogen-bond acceptors (Lipinski definition) is 6. The van der Waals surface area contributed by atoms with E-state index in [0.717, 1.165) is 11.1 Å². The van der Waals surface area contributed by atoms with Gasteiger partial charge in [0, 0.05) is 11.3 Å². The summed E-state index contributed by atoms with van der Waals surface area (Å²) in [4.78, 5) is 17.2. The minimum atomic E-state index is -0.535. The fourth-order valence-corrected chi connectivity index (χ4v) is 4.38. The van der Waals surface area contributed by atoms with E-state index in [4.69, 9.17) is 44.3 Å². The first-order valence-corrected chi connectivity index (χ1v) is 12.2. The number of furan rings is 1. The maximum atomic E-state index is 12.7. The summed E-state index contributed by atoms with van der Waals surface area (Å²) in [5, 5.41) is 16.8. The molecule has 0 spiro atoms. The van der Waals surface area contributed by atoms with Crippen LogP contribution in [-0.4, -0.2) is 21.1 Å². The number of thiocarbonyl (C=S) groups is 1. The van der Waals surface area contributed by atoms with Crippen LogP contribution in [0.2, 0.25) is 10.0 Å². The average Bonchev–Trinajstić information content (AvgIpc) is 3.50. The molecule has 10 heteroatoms. The normalized spacial score (nSPS) is 11.0. The molecule has 5 rings (SSSR count). The third-order valence-corrected chi connectivity index (χ3v) is 6.51. The smallest absolute Gasteiger partial charge is 0.293 e. The molecule has 0 unspecified atom stereocenters. The largest absolute Gasteiger partial charge is 0.507 e. The number of nitrogens with zero attached hydrogens (tertiary/aromatic N) is 1. The second kappa shape index (κ2) is 9.89. The second-order valence-corrected chi connectivity index (χ2v) is 9.60. The summed E-state index contributed by atoms with van der Waals surface area (Å²) < 4.78 is 11.6. The molecule has 2 aromatic heterocycles. The van der Waals surface area contributed by atoms with Gasteiger partial charge in [-0.2, -0.15) is 0 Å². The van der Waals surface area contributed by atoms with Gasteiger partial charge < -0.3 is 19.3 Å². The van der Waals surface area contributed by atoms with E-state index in [-0.39, 0.29) is 22.5 Å². The Morgan fingerprint density at radius 2 is 1.78 bits per heavy atom. The molecule has 0 aliphatic heterocycles. The van der Waals surface area contributed by atoms with Gasteiger partial charge in [0.25, 0.3) is 5.91 Å². The van der Waals surface area contributed by atoms with E-state index in [1.165, 1.54) is 12.1 Å². The van der Waals surface area contributed by atoms with E-state index < -0.39 is 5.91 Å². The number of amides is 1. The van der Waals surface area contributed by atoms with Gasteiger partial charge in [0.05, 0.1) is 15.6 Å². The number of benzene rings is 3. The van der Waals surface area contributed by atoms with Crippen molar-refractivity contribution in [1.82, 2.24) is 10.3 Å². The Kier molecular flexibility index (Phi) is 6.64. The van der Waals surface area contributed by atoms with Gasteiger partial charge in [-0.1, -0.05) is 29.3 Å². The summed E-state index contributed by atoms with van der Waals surface area (Å²) in [5.74, 6) is 0.243. The lowest BCUT2D eigenvalue weighted by molar-refractivity contribution is 0.0951. The van der Waals surface area contributed by atoms with Crippen LogP contribution in [0.5, 0.6) is 5.75 Å². The molecular formula is C27H19Cl2N3O4S. The summed E-state index contributed by atoms with van der Waals surface area (Å²) in [6, 6.07) is 16.9. The summed E-state index contributed by atoms with van der Waals surface area (Å²) >= 11 is 17.3. The standard InChI is InChI=1S/C27H19Cl2N3O4S/c1-13-9-14(2)24-20(10-13)31-26(36-24)17-12-16(4-6-21(17)33)30-27(37)32-25(34)23-8-7-22(35-23)15-3-5-18(28)19(29)11-15/h3-12,33H,1-2H3,(H2,30,32,34,37). The van der Waals surface area contributed by atoms with Crippen molar-refractivity contribution in [2.45, 2.75) is 13.8 Å². The van der Waals surface area contributed by atoms with Gasteiger partial charge in [0.2, 0.25) is 5.89 Å². The molecule has 0 fully saturated rings. The number of rotatable bonds is 4. The number of halogens is 2. The van der Waals surface area contributed by atoms with Crippen molar-refractivity contribution < 1.29 is 18.7 Å². The van der Waals surface area contributed by atoms with Gasteiger partial charge in [-0.3, -0.25) is 10.1 Å². The van der Waals surface area contributed by atoms with Crippen LogP contribution in [-0.2, 0) is 0 Å². The van der Waals surface area contributed by atoms with Crippen molar-refractivity contribution in [3.8, 4) is 28.5 Å². The Balaban J connectivity index is 1.31. The first-order chi connectivity index (χ1) is 17.7. The molecule has 37 heavy (non-hydrogen) atoms. The van der Waals surface area contributed by atoms with Crippen molar-refractivity contribution >= 4 is 63.2 Å². The molecular weight excluding hydrogens is 533 g/mol. The number of carbonyl (C=O) groups is 1. The average molecular weight is 552 g/mol.